The minimum Gasteiger partial charge on any atom is -0.493 e. The van der Waals surface area contributed by atoms with Crippen LogP contribution in [0, 0.1) is 10.1 Å². The average molecular weight is 465 g/mol. The zero-order chi connectivity index (χ0) is 24.1. The van der Waals surface area contributed by atoms with E-state index in [-0.39, 0.29) is 41.5 Å². The van der Waals surface area contributed by atoms with Crippen LogP contribution in [0.15, 0.2) is 36.4 Å². The molecule has 0 spiro atoms. The summed E-state index contributed by atoms with van der Waals surface area (Å²) in [4.78, 5) is 46.3. The Balaban J connectivity index is 1.74. The van der Waals surface area contributed by atoms with Crippen molar-refractivity contribution < 1.29 is 42.3 Å². The monoisotopic (exact) mass is 465 g/mol. The van der Waals surface area contributed by atoms with Crippen molar-refractivity contribution in [1.29, 1.82) is 0 Å². The number of carbonyl (C=O) groups excluding carboxylic acids is 3. The molecule has 1 aliphatic heterocycles. The van der Waals surface area contributed by atoms with Crippen molar-refractivity contribution in [3.05, 3.63) is 57.6 Å². The maximum absolute atomic E-state index is 12.5. The molecule has 1 N–H and O–H groups in total. The Kier molecular flexibility index (Phi) is 7.00. The number of hydrazine groups is 1. The molecule has 0 aromatic heterocycles. The molecule has 33 heavy (non-hydrogen) atoms. The number of nitro benzene ring substituents is 1. The molecule has 13 heteroatoms. The number of halogens is 2. The summed E-state index contributed by atoms with van der Waals surface area (Å²) in [6, 6.07) is 7.36. The van der Waals surface area contributed by atoms with E-state index in [0.29, 0.717) is 5.69 Å². The maximum atomic E-state index is 12.5. The number of hydrogen-bond acceptors (Lipinski definition) is 8. The molecule has 0 bridgehead atoms. The van der Waals surface area contributed by atoms with Gasteiger partial charge in [-0.25, -0.2) is 9.80 Å². The van der Waals surface area contributed by atoms with E-state index in [2.05, 4.69) is 10.2 Å². The first-order valence-electron chi connectivity index (χ1n) is 9.39. The highest BCUT2D eigenvalue weighted by atomic mass is 19.3. The van der Waals surface area contributed by atoms with Crippen molar-refractivity contribution in [3.63, 3.8) is 0 Å². The third-order valence-corrected chi connectivity index (χ3v) is 4.55. The number of nitrogens with one attached hydrogen (secondary N) is 1. The van der Waals surface area contributed by atoms with Crippen molar-refractivity contribution in [2.75, 3.05) is 12.1 Å². The van der Waals surface area contributed by atoms with E-state index in [1.54, 1.807) is 0 Å². The Bertz CT molecular complexity index is 1090. The molecule has 0 unspecified atom stereocenters. The number of hydrogen-bond donors (Lipinski definition) is 1. The summed E-state index contributed by atoms with van der Waals surface area (Å²) in [5.41, 5.74) is 2.11. The van der Waals surface area contributed by atoms with Gasteiger partial charge in [0.05, 0.1) is 34.9 Å². The number of rotatable bonds is 8. The third-order valence-electron chi connectivity index (χ3n) is 4.55. The van der Waals surface area contributed by atoms with Crippen LogP contribution in [0.4, 0.5) is 20.2 Å². The first-order chi connectivity index (χ1) is 15.7. The van der Waals surface area contributed by atoms with Gasteiger partial charge in [0.25, 0.3) is 5.69 Å². The molecule has 2 amide bonds. The van der Waals surface area contributed by atoms with E-state index in [9.17, 15) is 33.3 Å². The average Bonchev–Trinajstić information content (AvgIpc) is 2.79. The standard InChI is InChI=1S/C20H17F2N3O8/c1-31-15-8-12(14(25(29)30)9-16(15)33-20(21)22)10-32-19(28)11-2-4-13(5-3-11)24-18(27)7-6-17(26)23-24/h2-5,8-9,20H,6-7,10H2,1H3,(H,23,26). The van der Waals surface area contributed by atoms with E-state index < -0.39 is 35.5 Å². The molecule has 0 atom stereocenters. The van der Waals surface area contributed by atoms with Crippen LogP contribution in [0.25, 0.3) is 0 Å². The van der Waals surface area contributed by atoms with Crippen molar-refractivity contribution in [1.82, 2.24) is 5.43 Å². The fourth-order valence-electron chi connectivity index (χ4n) is 2.98. The van der Waals surface area contributed by atoms with Gasteiger partial charge in [0.15, 0.2) is 11.5 Å². The normalized spacial score (nSPS) is 13.5. The van der Waals surface area contributed by atoms with Crippen molar-refractivity contribution in [2.24, 2.45) is 0 Å². The van der Waals surface area contributed by atoms with E-state index in [0.717, 1.165) is 24.3 Å². The van der Waals surface area contributed by atoms with Crippen LogP contribution in [0.5, 0.6) is 11.5 Å². The highest BCUT2D eigenvalue weighted by Crippen LogP contribution is 2.36. The molecule has 1 heterocycles. The van der Waals surface area contributed by atoms with Gasteiger partial charge in [-0.1, -0.05) is 0 Å². The Morgan fingerprint density at radius 2 is 1.88 bits per heavy atom. The number of alkyl halides is 2. The minimum absolute atomic E-state index is 0.0546. The van der Waals surface area contributed by atoms with E-state index >= 15 is 0 Å². The SMILES string of the molecule is COc1cc(COC(=O)c2ccc(N3NC(=O)CCC3=O)cc2)c([N+](=O)[O-])cc1OC(F)F. The summed E-state index contributed by atoms with van der Waals surface area (Å²) in [6.45, 7) is -3.78. The van der Waals surface area contributed by atoms with Crippen molar-refractivity contribution in [3.8, 4) is 11.5 Å². The van der Waals surface area contributed by atoms with Gasteiger partial charge in [-0.15, -0.1) is 0 Å². The highest BCUT2D eigenvalue weighted by Gasteiger charge is 2.25. The molecule has 1 fully saturated rings. The lowest BCUT2D eigenvalue weighted by Gasteiger charge is -2.27. The lowest BCUT2D eigenvalue weighted by atomic mass is 10.1. The summed E-state index contributed by atoms with van der Waals surface area (Å²) in [5.74, 6) is -2.21. The van der Waals surface area contributed by atoms with Crippen molar-refractivity contribution in [2.45, 2.75) is 26.1 Å². The Labute approximate surface area is 184 Å². The predicted molar refractivity (Wildman–Crippen MR) is 107 cm³/mol. The molecule has 0 saturated carbocycles. The molecule has 2 aromatic carbocycles. The molecule has 2 aromatic rings. The second-order valence-corrected chi connectivity index (χ2v) is 6.65. The first kappa shape index (κ1) is 23.4. The number of ether oxygens (including phenoxy) is 3. The third kappa shape index (κ3) is 5.50. The first-order valence-corrected chi connectivity index (χ1v) is 9.39. The Morgan fingerprint density at radius 1 is 1.18 bits per heavy atom. The number of methoxy groups -OCH3 is 1. The molecule has 1 saturated heterocycles. The van der Waals surface area contributed by atoms with Crippen LogP contribution in [-0.2, 0) is 20.9 Å². The second kappa shape index (κ2) is 9.89. The van der Waals surface area contributed by atoms with Crippen LogP contribution in [0.1, 0.15) is 28.8 Å². The van der Waals surface area contributed by atoms with Gasteiger partial charge in [-0.2, -0.15) is 8.78 Å². The molecular weight excluding hydrogens is 448 g/mol. The number of amides is 2. The zero-order valence-corrected chi connectivity index (χ0v) is 17.1. The van der Waals surface area contributed by atoms with Gasteiger partial charge >= 0.3 is 12.6 Å². The van der Waals surface area contributed by atoms with E-state index in [1.807, 2.05) is 0 Å². The number of esters is 1. The minimum atomic E-state index is -3.22. The number of carbonyl (C=O) groups is 3. The lowest BCUT2D eigenvalue weighted by Crippen LogP contribution is -2.50. The fourth-order valence-corrected chi connectivity index (χ4v) is 2.98. The van der Waals surface area contributed by atoms with E-state index in [4.69, 9.17) is 9.47 Å². The van der Waals surface area contributed by atoms with Gasteiger partial charge in [-0.3, -0.25) is 25.1 Å². The number of benzene rings is 2. The number of nitro groups is 1. The van der Waals surface area contributed by atoms with Gasteiger partial charge in [0.2, 0.25) is 11.8 Å². The lowest BCUT2D eigenvalue weighted by molar-refractivity contribution is -0.386. The summed E-state index contributed by atoms with van der Waals surface area (Å²) in [5, 5.41) is 12.4. The van der Waals surface area contributed by atoms with Crippen molar-refractivity contribution >= 4 is 29.2 Å². The highest BCUT2D eigenvalue weighted by molar-refractivity contribution is 6.01. The maximum Gasteiger partial charge on any atom is 0.387 e. The van der Waals surface area contributed by atoms with Gasteiger partial charge in [0.1, 0.15) is 6.61 Å². The van der Waals surface area contributed by atoms with Gasteiger partial charge < -0.3 is 14.2 Å². The van der Waals surface area contributed by atoms with Crippen LogP contribution in [-0.4, -0.2) is 36.4 Å². The summed E-state index contributed by atoms with van der Waals surface area (Å²) < 4.78 is 39.3. The molecule has 1 aliphatic rings. The van der Waals surface area contributed by atoms with Crippen LogP contribution < -0.4 is 19.9 Å². The van der Waals surface area contributed by atoms with Crippen LogP contribution in [0.2, 0.25) is 0 Å². The van der Waals surface area contributed by atoms with Crippen LogP contribution in [0.3, 0.4) is 0 Å². The number of anilines is 1. The topological polar surface area (TPSA) is 137 Å². The molecular formula is C20H17F2N3O8. The Hall–Kier alpha value is -4.29. The molecule has 0 radical (unpaired) electrons. The predicted octanol–water partition coefficient (Wildman–Crippen LogP) is 2.72. The van der Waals surface area contributed by atoms with E-state index in [1.165, 1.54) is 24.3 Å². The van der Waals surface area contributed by atoms with Crippen LogP contribution >= 0.6 is 0 Å². The summed E-state index contributed by atoms with van der Waals surface area (Å²) in [7, 11) is 1.16. The van der Waals surface area contributed by atoms with Gasteiger partial charge in [-0.05, 0) is 30.3 Å². The quantitative estimate of drug-likeness (QED) is 0.357. The summed E-state index contributed by atoms with van der Waals surface area (Å²) in [6.07, 6.45) is 0.144. The molecule has 0 aliphatic carbocycles. The molecule has 11 nitrogen and oxygen atoms in total. The fraction of sp³-hybridized carbons (Fsp3) is 0.250. The largest absolute Gasteiger partial charge is 0.493 e. The Morgan fingerprint density at radius 3 is 2.48 bits per heavy atom. The zero-order valence-electron chi connectivity index (χ0n) is 17.1. The molecule has 174 valence electrons. The number of nitrogens with zero attached hydrogens (tertiary/aromatic N) is 2. The summed E-state index contributed by atoms with van der Waals surface area (Å²) >= 11 is 0. The smallest absolute Gasteiger partial charge is 0.387 e. The van der Waals surface area contributed by atoms with Gasteiger partial charge in [0, 0.05) is 12.8 Å². The molecule has 3 rings (SSSR count). The second-order valence-electron chi connectivity index (χ2n) is 6.65.